The monoisotopic (exact) mass is 433 g/mol. The van der Waals surface area contributed by atoms with Crippen molar-refractivity contribution in [1.82, 2.24) is 20.0 Å². The Balaban J connectivity index is 1.39. The first-order valence-electron chi connectivity index (χ1n) is 11.1. The summed E-state index contributed by atoms with van der Waals surface area (Å²) in [4.78, 5) is 7.24. The van der Waals surface area contributed by atoms with Gasteiger partial charge in [-0.2, -0.15) is 5.10 Å². The van der Waals surface area contributed by atoms with Crippen molar-refractivity contribution >= 4 is 5.96 Å². The zero-order valence-electron chi connectivity index (χ0n) is 19.0. The molecule has 0 bridgehead atoms. The lowest BCUT2D eigenvalue weighted by Gasteiger charge is -2.21. The minimum Gasteiger partial charge on any atom is -0.493 e. The standard InChI is InChI=1S/C25H31N5O2/c1-4-26-25(30-14-13-20(18-30)21-16-28-29(2)17-21)27-15-19-9-11-22(12-10-19)32-24-8-6-5-7-23(24)31-3/h5-12,16-17,20H,4,13-15,18H2,1-3H3,(H,26,27). The van der Waals surface area contributed by atoms with Crippen LogP contribution >= 0.6 is 0 Å². The van der Waals surface area contributed by atoms with Gasteiger partial charge in [-0.05, 0) is 48.7 Å². The number of guanidine groups is 1. The third kappa shape index (κ3) is 5.22. The Kier molecular flexibility index (Phi) is 6.94. The zero-order chi connectivity index (χ0) is 22.3. The first kappa shape index (κ1) is 21.7. The van der Waals surface area contributed by atoms with Gasteiger partial charge >= 0.3 is 0 Å². The Hall–Kier alpha value is -3.48. The van der Waals surface area contributed by atoms with E-state index < -0.39 is 0 Å². The number of nitrogens with zero attached hydrogens (tertiary/aromatic N) is 4. The van der Waals surface area contributed by atoms with Crippen LogP contribution in [0.25, 0.3) is 0 Å². The van der Waals surface area contributed by atoms with E-state index in [4.69, 9.17) is 14.5 Å². The van der Waals surface area contributed by atoms with Gasteiger partial charge in [-0.25, -0.2) is 4.99 Å². The van der Waals surface area contributed by atoms with Crippen molar-refractivity contribution in [3.05, 3.63) is 72.1 Å². The van der Waals surface area contributed by atoms with Crippen LogP contribution in [0.3, 0.4) is 0 Å². The Morgan fingerprint density at radius 1 is 1.16 bits per heavy atom. The van der Waals surface area contributed by atoms with Crippen molar-refractivity contribution in [3.63, 3.8) is 0 Å². The number of nitrogens with one attached hydrogen (secondary N) is 1. The van der Waals surface area contributed by atoms with Gasteiger partial charge in [0.05, 0.1) is 19.9 Å². The maximum Gasteiger partial charge on any atom is 0.194 e. The summed E-state index contributed by atoms with van der Waals surface area (Å²) in [6.07, 6.45) is 5.21. The van der Waals surface area contributed by atoms with Gasteiger partial charge in [0.2, 0.25) is 0 Å². The number of hydrogen-bond acceptors (Lipinski definition) is 4. The van der Waals surface area contributed by atoms with Gasteiger partial charge in [-0.1, -0.05) is 24.3 Å². The summed E-state index contributed by atoms with van der Waals surface area (Å²) in [5.74, 6) is 3.65. The molecule has 0 aliphatic carbocycles. The zero-order valence-corrected chi connectivity index (χ0v) is 19.0. The molecule has 32 heavy (non-hydrogen) atoms. The number of aryl methyl sites for hydroxylation is 1. The van der Waals surface area contributed by atoms with Crippen LogP contribution in [0.15, 0.2) is 65.9 Å². The molecule has 1 fully saturated rings. The molecule has 3 aromatic rings. The molecule has 0 amide bonds. The number of hydrogen-bond donors (Lipinski definition) is 1. The van der Waals surface area contributed by atoms with Crippen molar-refractivity contribution in [2.24, 2.45) is 12.0 Å². The molecule has 1 saturated heterocycles. The second-order valence-electron chi connectivity index (χ2n) is 7.95. The van der Waals surface area contributed by atoms with E-state index in [1.54, 1.807) is 7.11 Å². The molecule has 2 aromatic carbocycles. The summed E-state index contributed by atoms with van der Waals surface area (Å²) in [5.41, 5.74) is 2.44. The Labute approximate surface area is 189 Å². The van der Waals surface area contributed by atoms with Crippen LogP contribution in [0.4, 0.5) is 0 Å². The van der Waals surface area contributed by atoms with E-state index in [2.05, 4.69) is 40.6 Å². The van der Waals surface area contributed by atoms with E-state index >= 15 is 0 Å². The maximum atomic E-state index is 5.97. The fourth-order valence-electron chi connectivity index (χ4n) is 3.96. The van der Waals surface area contributed by atoms with Crippen LogP contribution in [0.2, 0.25) is 0 Å². The van der Waals surface area contributed by atoms with Crippen molar-refractivity contribution in [2.45, 2.75) is 25.8 Å². The number of ether oxygens (including phenoxy) is 2. The second-order valence-corrected chi connectivity index (χ2v) is 7.95. The molecule has 1 N–H and O–H groups in total. The highest BCUT2D eigenvalue weighted by atomic mass is 16.5. The third-order valence-electron chi connectivity index (χ3n) is 5.65. The molecule has 1 aliphatic rings. The SMILES string of the molecule is CCNC(=NCc1ccc(Oc2ccccc2OC)cc1)N1CCC(c2cnn(C)c2)C1. The summed E-state index contributed by atoms with van der Waals surface area (Å²) in [5, 5.41) is 7.77. The highest BCUT2D eigenvalue weighted by Gasteiger charge is 2.26. The molecule has 0 radical (unpaired) electrons. The normalized spacial score (nSPS) is 16.3. The van der Waals surface area contributed by atoms with Crippen molar-refractivity contribution in [2.75, 3.05) is 26.7 Å². The van der Waals surface area contributed by atoms with Gasteiger partial charge in [-0.15, -0.1) is 0 Å². The van der Waals surface area contributed by atoms with E-state index in [1.807, 2.05) is 54.3 Å². The first-order valence-corrected chi connectivity index (χ1v) is 11.1. The van der Waals surface area contributed by atoms with E-state index in [0.29, 0.717) is 24.0 Å². The molecule has 0 saturated carbocycles. The molecular weight excluding hydrogens is 402 g/mol. The Morgan fingerprint density at radius 2 is 1.94 bits per heavy atom. The van der Waals surface area contributed by atoms with Crippen molar-refractivity contribution in [3.8, 4) is 17.2 Å². The summed E-state index contributed by atoms with van der Waals surface area (Å²) < 4.78 is 13.2. The van der Waals surface area contributed by atoms with Crippen LogP contribution < -0.4 is 14.8 Å². The number of benzene rings is 2. The number of methoxy groups -OCH3 is 1. The number of aromatic nitrogens is 2. The number of para-hydroxylation sites is 2. The predicted octanol–water partition coefficient (Wildman–Crippen LogP) is 4.18. The molecule has 0 spiro atoms. The van der Waals surface area contributed by atoms with Crippen molar-refractivity contribution in [1.29, 1.82) is 0 Å². The van der Waals surface area contributed by atoms with E-state index in [1.165, 1.54) is 5.56 Å². The van der Waals surface area contributed by atoms with Gasteiger partial charge in [0, 0.05) is 38.8 Å². The molecule has 1 aromatic heterocycles. The average molecular weight is 434 g/mol. The summed E-state index contributed by atoms with van der Waals surface area (Å²) in [6, 6.07) is 15.7. The number of likely N-dealkylation sites (tertiary alicyclic amines) is 1. The first-order chi connectivity index (χ1) is 15.7. The van der Waals surface area contributed by atoms with Gasteiger partial charge < -0.3 is 19.7 Å². The third-order valence-corrected chi connectivity index (χ3v) is 5.65. The van der Waals surface area contributed by atoms with Crippen LogP contribution in [-0.4, -0.2) is 47.4 Å². The largest absolute Gasteiger partial charge is 0.493 e. The van der Waals surface area contributed by atoms with Crippen LogP contribution in [0.5, 0.6) is 17.2 Å². The van der Waals surface area contributed by atoms with Crippen LogP contribution in [0, 0.1) is 0 Å². The van der Waals surface area contributed by atoms with Crippen LogP contribution in [-0.2, 0) is 13.6 Å². The molecular formula is C25H31N5O2. The summed E-state index contributed by atoms with van der Waals surface area (Å²) in [6.45, 7) is 5.53. The average Bonchev–Trinajstić information content (AvgIpc) is 3.47. The topological polar surface area (TPSA) is 63.9 Å². The molecule has 7 nitrogen and oxygen atoms in total. The molecule has 2 heterocycles. The second kappa shape index (κ2) is 10.2. The number of aliphatic imine (C=N–C) groups is 1. The lowest BCUT2D eigenvalue weighted by molar-refractivity contribution is 0.379. The molecule has 168 valence electrons. The highest BCUT2D eigenvalue weighted by Crippen LogP contribution is 2.31. The molecule has 1 aliphatic heterocycles. The minimum absolute atomic E-state index is 0.499. The smallest absolute Gasteiger partial charge is 0.194 e. The molecule has 1 unspecified atom stereocenters. The van der Waals surface area contributed by atoms with E-state index in [-0.39, 0.29) is 0 Å². The van der Waals surface area contributed by atoms with E-state index in [9.17, 15) is 0 Å². The quantitative estimate of drug-likeness (QED) is 0.447. The molecule has 7 heteroatoms. The Morgan fingerprint density at radius 3 is 2.62 bits per heavy atom. The summed E-state index contributed by atoms with van der Waals surface area (Å²) >= 11 is 0. The maximum absolute atomic E-state index is 5.97. The van der Waals surface area contributed by atoms with Gasteiger partial charge in [-0.3, -0.25) is 4.68 Å². The fraction of sp³-hybridized carbons (Fsp3) is 0.360. The summed E-state index contributed by atoms with van der Waals surface area (Å²) in [7, 11) is 3.61. The van der Waals surface area contributed by atoms with E-state index in [0.717, 1.165) is 43.3 Å². The predicted molar refractivity (Wildman–Crippen MR) is 126 cm³/mol. The number of rotatable bonds is 7. The molecule has 4 rings (SSSR count). The van der Waals surface area contributed by atoms with Crippen molar-refractivity contribution < 1.29 is 9.47 Å². The highest BCUT2D eigenvalue weighted by molar-refractivity contribution is 5.80. The fourth-order valence-corrected chi connectivity index (χ4v) is 3.96. The Bertz CT molecular complexity index is 1040. The van der Waals surface area contributed by atoms with Gasteiger partial charge in [0.15, 0.2) is 17.5 Å². The lowest BCUT2D eigenvalue weighted by atomic mass is 10.0. The van der Waals surface area contributed by atoms with Gasteiger partial charge in [0.25, 0.3) is 0 Å². The molecule has 1 atom stereocenters. The minimum atomic E-state index is 0.499. The van der Waals surface area contributed by atoms with Gasteiger partial charge in [0.1, 0.15) is 5.75 Å². The lowest BCUT2D eigenvalue weighted by Crippen LogP contribution is -2.40. The van der Waals surface area contributed by atoms with Crippen LogP contribution in [0.1, 0.15) is 30.4 Å².